The van der Waals surface area contributed by atoms with Gasteiger partial charge in [-0.15, -0.1) is 0 Å². The highest BCUT2D eigenvalue weighted by molar-refractivity contribution is 5.95. The van der Waals surface area contributed by atoms with Gasteiger partial charge in [0, 0.05) is 18.6 Å². The van der Waals surface area contributed by atoms with E-state index >= 15 is 0 Å². The topological polar surface area (TPSA) is 74.3 Å². The van der Waals surface area contributed by atoms with Gasteiger partial charge in [-0.2, -0.15) is 13.2 Å². The molecule has 0 bridgehead atoms. The van der Waals surface area contributed by atoms with Gasteiger partial charge in [0.05, 0.1) is 6.54 Å². The number of rotatable bonds is 3. The summed E-state index contributed by atoms with van der Waals surface area (Å²) in [5.41, 5.74) is -1.50. The number of aromatic nitrogens is 1. The van der Waals surface area contributed by atoms with E-state index in [2.05, 4.69) is 15.6 Å². The molecule has 2 N–H and O–H groups in total. The maximum atomic E-state index is 12.6. The summed E-state index contributed by atoms with van der Waals surface area (Å²) in [6.07, 6.45) is -2.87. The van der Waals surface area contributed by atoms with Crippen LogP contribution in [0.5, 0.6) is 0 Å². The van der Waals surface area contributed by atoms with Gasteiger partial charge in [-0.25, -0.2) is 4.98 Å². The first-order chi connectivity index (χ1) is 11.4. The second-order valence-corrected chi connectivity index (χ2v) is 5.88. The highest BCUT2D eigenvalue weighted by Gasteiger charge is 2.39. The summed E-state index contributed by atoms with van der Waals surface area (Å²) in [6, 6.07) is 3.53. The fourth-order valence-corrected chi connectivity index (χ4v) is 3.24. The van der Waals surface area contributed by atoms with E-state index in [9.17, 15) is 22.8 Å². The molecule has 0 aromatic carbocycles. The molecule has 9 heteroatoms. The summed E-state index contributed by atoms with van der Waals surface area (Å²) in [4.78, 5) is 29.2. The summed E-state index contributed by atoms with van der Waals surface area (Å²) in [5, 5.41) is 5.67. The number of nitrogens with one attached hydrogen (secondary N) is 2. The first-order valence-electron chi connectivity index (χ1n) is 7.71. The van der Waals surface area contributed by atoms with Crippen molar-refractivity contribution in [1.82, 2.24) is 20.5 Å². The van der Waals surface area contributed by atoms with Gasteiger partial charge in [-0.1, -0.05) is 6.07 Å². The molecule has 130 valence electrons. The Hall–Kier alpha value is -2.16. The van der Waals surface area contributed by atoms with E-state index in [1.54, 1.807) is 4.90 Å². The summed E-state index contributed by atoms with van der Waals surface area (Å²) in [6.45, 7) is 1.23. The molecule has 0 saturated carbocycles. The minimum absolute atomic E-state index is 0.140. The summed E-state index contributed by atoms with van der Waals surface area (Å²) in [5.74, 6) is -1.03. The van der Waals surface area contributed by atoms with Crippen molar-refractivity contribution in [2.24, 2.45) is 0 Å². The lowest BCUT2D eigenvalue weighted by atomic mass is 10.1. The largest absolute Gasteiger partial charge is 0.433 e. The molecular formula is C15H17F3N4O2. The van der Waals surface area contributed by atoms with Crippen molar-refractivity contribution < 1.29 is 22.8 Å². The van der Waals surface area contributed by atoms with E-state index < -0.39 is 17.8 Å². The monoisotopic (exact) mass is 342 g/mol. The normalized spacial score (nSPS) is 23.2. The van der Waals surface area contributed by atoms with Crippen molar-refractivity contribution in [3.8, 4) is 0 Å². The highest BCUT2D eigenvalue weighted by atomic mass is 19.4. The van der Waals surface area contributed by atoms with Crippen LogP contribution in [0.4, 0.5) is 13.2 Å². The molecule has 2 aliphatic heterocycles. The van der Waals surface area contributed by atoms with E-state index in [4.69, 9.17) is 0 Å². The molecule has 2 fully saturated rings. The van der Waals surface area contributed by atoms with Crippen LogP contribution in [0.25, 0.3) is 0 Å². The SMILES string of the molecule is O=C(NCC(=O)N1CCC2NCCC21)c1cccc(C(F)(F)F)n1. The number of nitrogens with zero attached hydrogens (tertiary/aromatic N) is 2. The molecule has 6 nitrogen and oxygen atoms in total. The Morgan fingerprint density at radius 2 is 2.12 bits per heavy atom. The third-order valence-electron chi connectivity index (χ3n) is 4.39. The lowest BCUT2D eigenvalue weighted by Gasteiger charge is -2.23. The zero-order chi connectivity index (χ0) is 17.3. The first-order valence-corrected chi connectivity index (χ1v) is 7.71. The number of halogens is 3. The predicted octanol–water partition coefficient (Wildman–Crippen LogP) is 0.793. The molecule has 2 amide bonds. The fraction of sp³-hybridized carbons (Fsp3) is 0.533. The fourth-order valence-electron chi connectivity index (χ4n) is 3.24. The number of fused-ring (bicyclic) bond motifs is 1. The minimum Gasteiger partial charge on any atom is -0.342 e. The molecular weight excluding hydrogens is 325 g/mol. The van der Waals surface area contributed by atoms with Crippen LogP contribution in [0.2, 0.25) is 0 Å². The molecule has 24 heavy (non-hydrogen) atoms. The Balaban J connectivity index is 1.58. The predicted molar refractivity (Wildman–Crippen MR) is 78.1 cm³/mol. The molecule has 0 spiro atoms. The van der Waals surface area contributed by atoms with Crippen molar-refractivity contribution in [1.29, 1.82) is 0 Å². The number of hydrogen-bond acceptors (Lipinski definition) is 4. The van der Waals surface area contributed by atoms with E-state index in [-0.39, 0.29) is 24.2 Å². The lowest BCUT2D eigenvalue weighted by molar-refractivity contribution is -0.141. The Labute approximate surface area is 136 Å². The average molecular weight is 342 g/mol. The zero-order valence-corrected chi connectivity index (χ0v) is 12.8. The summed E-state index contributed by atoms with van der Waals surface area (Å²) in [7, 11) is 0. The van der Waals surface area contributed by atoms with Crippen molar-refractivity contribution >= 4 is 11.8 Å². The molecule has 2 aliphatic rings. The Morgan fingerprint density at radius 1 is 1.33 bits per heavy atom. The molecule has 1 aromatic heterocycles. The van der Waals surface area contributed by atoms with Crippen LogP contribution in [0, 0.1) is 0 Å². The van der Waals surface area contributed by atoms with Gasteiger partial charge < -0.3 is 15.5 Å². The Kier molecular flexibility index (Phi) is 4.44. The van der Waals surface area contributed by atoms with Gasteiger partial charge >= 0.3 is 6.18 Å². The van der Waals surface area contributed by atoms with Gasteiger partial charge in [0.2, 0.25) is 5.91 Å². The van der Waals surface area contributed by atoms with Crippen LogP contribution >= 0.6 is 0 Å². The van der Waals surface area contributed by atoms with Crippen LogP contribution in [-0.2, 0) is 11.0 Å². The van der Waals surface area contributed by atoms with Crippen LogP contribution < -0.4 is 10.6 Å². The molecule has 3 rings (SSSR count). The minimum atomic E-state index is -4.62. The van der Waals surface area contributed by atoms with Gasteiger partial charge in [0.1, 0.15) is 11.4 Å². The number of carbonyl (C=O) groups excluding carboxylic acids is 2. The highest BCUT2D eigenvalue weighted by Crippen LogP contribution is 2.27. The maximum absolute atomic E-state index is 12.6. The number of pyridine rings is 1. The first kappa shape index (κ1) is 16.7. The molecule has 2 unspecified atom stereocenters. The van der Waals surface area contributed by atoms with E-state index in [0.29, 0.717) is 12.6 Å². The second-order valence-electron chi connectivity index (χ2n) is 5.88. The number of alkyl halides is 3. The van der Waals surface area contributed by atoms with Crippen LogP contribution in [0.1, 0.15) is 29.0 Å². The second kappa shape index (κ2) is 6.39. The van der Waals surface area contributed by atoms with E-state index in [1.807, 2.05) is 0 Å². The van der Waals surface area contributed by atoms with Crippen molar-refractivity contribution in [2.45, 2.75) is 31.1 Å². The number of likely N-dealkylation sites (tertiary alicyclic amines) is 1. The van der Waals surface area contributed by atoms with Gasteiger partial charge in [-0.3, -0.25) is 9.59 Å². The van der Waals surface area contributed by atoms with Crippen LogP contribution in [-0.4, -0.2) is 53.4 Å². The van der Waals surface area contributed by atoms with Crippen molar-refractivity contribution in [3.63, 3.8) is 0 Å². The maximum Gasteiger partial charge on any atom is 0.433 e. The third-order valence-corrected chi connectivity index (χ3v) is 4.39. The number of hydrogen-bond donors (Lipinski definition) is 2. The van der Waals surface area contributed by atoms with Gasteiger partial charge in [-0.05, 0) is 31.5 Å². The molecule has 0 aliphatic carbocycles. The standard InChI is InChI=1S/C15H17F3N4O2/c16-15(17,18)12-3-1-2-10(21-12)14(24)20-8-13(23)22-7-5-9-11(22)4-6-19-9/h1-3,9,11,19H,4-8H2,(H,20,24). The van der Waals surface area contributed by atoms with Crippen LogP contribution in [0.15, 0.2) is 18.2 Å². The van der Waals surface area contributed by atoms with Crippen molar-refractivity contribution in [2.75, 3.05) is 19.6 Å². The Morgan fingerprint density at radius 3 is 2.88 bits per heavy atom. The molecule has 3 heterocycles. The molecule has 2 saturated heterocycles. The average Bonchev–Trinajstić information content (AvgIpc) is 3.14. The smallest absolute Gasteiger partial charge is 0.342 e. The zero-order valence-electron chi connectivity index (χ0n) is 12.8. The van der Waals surface area contributed by atoms with Crippen molar-refractivity contribution in [3.05, 3.63) is 29.6 Å². The number of carbonyl (C=O) groups is 2. The van der Waals surface area contributed by atoms with Gasteiger partial charge in [0.25, 0.3) is 5.91 Å². The molecule has 0 radical (unpaired) electrons. The van der Waals surface area contributed by atoms with Crippen LogP contribution in [0.3, 0.4) is 0 Å². The quantitative estimate of drug-likeness (QED) is 0.852. The van der Waals surface area contributed by atoms with E-state index in [0.717, 1.165) is 31.5 Å². The molecule has 1 aromatic rings. The third kappa shape index (κ3) is 3.35. The van der Waals surface area contributed by atoms with E-state index in [1.165, 1.54) is 6.07 Å². The molecule has 2 atom stereocenters. The number of amides is 2. The summed E-state index contributed by atoms with van der Waals surface area (Å²) >= 11 is 0. The lowest BCUT2D eigenvalue weighted by Crippen LogP contribution is -2.44. The van der Waals surface area contributed by atoms with Gasteiger partial charge in [0.15, 0.2) is 0 Å². The Bertz CT molecular complexity index is 650. The summed E-state index contributed by atoms with van der Waals surface area (Å²) < 4.78 is 37.8.